The van der Waals surface area contributed by atoms with E-state index < -0.39 is 48.2 Å². The number of carbonyl (C=O) groups excluding carboxylic acids is 2. The van der Waals surface area contributed by atoms with Gasteiger partial charge in [0.2, 0.25) is 0 Å². The van der Waals surface area contributed by atoms with Crippen LogP contribution in [0.3, 0.4) is 0 Å². The number of carbonyl (C=O) groups is 2. The Morgan fingerprint density at radius 2 is 1.87 bits per heavy atom. The van der Waals surface area contributed by atoms with Gasteiger partial charge in [-0.05, 0) is 57.0 Å². The Bertz CT molecular complexity index is 1360. The number of hydrogen-bond acceptors (Lipinski definition) is 11. The van der Waals surface area contributed by atoms with Crippen LogP contribution in [0.15, 0.2) is 60.7 Å². The summed E-state index contributed by atoms with van der Waals surface area (Å²) < 4.78 is 41.1. The van der Waals surface area contributed by atoms with Gasteiger partial charge in [-0.2, -0.15) is 0 Å². The molecule has 2 aromatic carbocycles. The van der Waals surface area contributed by atoms with Crippen LogP contribution in [0, 0.1) is 5.92 Å². The lowest BCUT2D eigenvalue weighted by atomic mass is 9.98. The Hall–Kier alpha value is -3.74. The zero-order chi connectivity index (χ0) is 32.6. The van der Waals surface area contributed by atoms with Crippen molar-refractivity contribution in [2.75, 3.05) is 27.1 Å². The topological polar surface area (TPSA) is 145 Å². The first-order valence-corrected chi connectivity index (χ1v) is 15.0. The van der Waals surface area contributed by atoms with E-state index in [1.54, 1.807) is 55.5 Å². The van der Waals surface area contributed by atoms with Crippen molar-refractivity contribution in [3.05, 3.63) is 77.4 Å². The summed E-state index contributed by atoms with van der Waals surface area (Å²) in [6.45, 7) is 7.14. The molecular weight excluding hydrogens is 582 g/mol. The van der Waals surface area contributed by atoms with Crippen LogP contribution in [-0.2, 0) is 23.7 Å². The second-order valence-electron chi connectivity index (χ2n) is 11.5. The molecule has 0 saturated carbocycles. The van der Waals surface area contributed by atoms with Gasteiger partial charge in [0.15, 0.2) is 12.6 Å². The van der Waals surface area contributed by atoms with Crippen LogP contribution in [0.25, 0.3) is 6.08 Å². The van der Waals surface area contributed by atoms with Crippen LogP contribution in [0.1, 0.15) is 60.4 Å². The third kappa shape index (κ3) is 9.15. The van der Waals surface area contributed by atoms with Crippen LogP contribution in [0.4, 0.5) is 0 Å². The largest absolute Gasteiger partial charge is 0.491 e. The minimum Gasteiger partial charge on any atom is -0.491 e. The van der Waals surface area contributed by atoms with Gasteiger partial charge in [0.25, 0.3) is 0 Å². The predicted molar refractivity (Wildman–Crippen MR) is 166 cm³/mol. The number of nitrogens with two attached hydrogens (primary N) is 1. The zero-order valence-electron chi connectivity index (χ0n) is 26.3. The molecule has 0 bridgehead atoms. The molecule has 11 nitrogen and oxygen atoms in total. The fourth-order valence-corrected chi connectivity index (χ4v) is 4.95. The molecule has 0 amide bonds. The second kappa shape index (κ2) is 15.5. The first-order chi connectivity index (χ1) is 21.5. The summed E-state index contributed by atoms with van der Waals surface area (Å²) in [6, 6.07) is 11.9. The molecule has 2 aliphatic heterocycles. The van der Waals surface area contributed by atoms with Crippen LogP contribution in [-0.4, -0.2) is 80.4 Å². The highest BCUT2D eigenvalue weighted by Gasteiger charge is 2.45. The molecule has 0 radical (unpaired) electrons. The summed E-state index contributed by atoms with van der Waals surface area (Å²) in [5.41, 5.74) is 6.59. The molecule has 3 N–H and O–H groups in total. The van der Waals surface area contributed by atoms with E-state index in [4.69, 9.17) is 38.9 Å². The zero-order valence-corrected chi connectivity index (χ0v) is 26.3. The van der Waals surface area contributed by atoms with Gasteiger partial charge >= 0.3 is 11.9 Å². The average Bonchev–Trinajstić information content (AvgIpc) is 3.33. The number of fused-ring (bicyclic) bond motifs is 2. The maximum atomic E-state index is 13.7. The normalized spacial score (nSPS) is 26.0. The van der Waals surface area contributed by atoms with E-state index in [-0.39, 0.29) is 37.2 Å². The number of esters is 2. The van der Waals surface area contributed by atoms with Crippen molar-refractivity contribution in [2.24, 2.45) is 11.7 Å². The lowest BCUT2D eigenvalue weighted by Gasteiger charge is -2.26. The Balaban J connectivity index is 1.74. The maximum absolute atomic E-state index is 13.7. The lowest BCUT2D eigenvalue weighted by molar-refractivity contribution is -0.152. The summed E-state index contributed by atoms with van der Waals surface area (Å²) >= 11 is 0. The highest BCUT2D eigenvalue weighted by molar-refractivity contribution is 5.97. The van der Waals surface area contributed by atoms with Gasteiger partial charge in [-0.1, -0.05) is 43.4 Å². The van der Waals surface area contributed by atoms with Crippen molar-refractivity contribution < 1.29 is 47.9 Å². The Kier molecular flexibility index (Phi) is 11.8. The predicted octanol–water partition coefficient (Wildman–Crippen LogP) is 4.27. The van der Waals surface area contributed by atoms with Crippen molar-refractivity contribution >= 4 is 18.0 Å². The summed E-state index contributed by atoms with van der Waals surface area (Å²) in [6.07, 6.45) is 4.19. The number of methoxy groups -OCH3 is 1. The standard InChI is InChI=1S/C34H43NO10/c1-21-14-15-27(43-32(37)23-10-7-6-8-11-23)31-28(44-34(3,4)45-31)13-9-12-24-16-26(40-19-25(36)18-35)17-29(41-20-39-5)30(24)33(38)42-22(21)2/h6-12,14-17,21-22,25,27-28,31,36H,13,18-20,35H2,1-5H3/b12-9?,15-14-/t21-,22+,25?,27?,28+,31?/m1/s1. The van der Waals surface area contributed by atoms with Crippen molar-refractivity contribution in [1.82, 2.24) is 0 Å². The van der Waals surface area contributed by atoms with Crippen molar-refractivity contribution in [3.63, 3.8) is 0 Å². The van der Waals surface area contributed by atoms with Gasteiger partial charge in [-0.25, -0.2) is 9.59 Å². The SMILES string of the molecule is COCOc1cc(OCC(O)CN)cc2c1C(=O)O[C@@H](C)[C@H](C)/C=C\C(OC(=O)c1ccccc1)C1OC(C)(C)O[C@H]1CC=C2. The van der Waals surface area contributed by atoms with Gasteiger partial charge < -0.3 is 44.0 Å². The number of ether oxygens (including phenoxy) is 7. The molecule has 11 heteroatoms. The number of rotatable bonds is 9. The number of aliphatic hydroxyl groups is 1. The summed E-state index contributed by atoms with van der Waals surface area (Å²) in [5.74, 6) is -1.77. The van der Waals surface area contributed by atoms with Gasteiger partial charge in [-0.15, -0.1) is 0 Å². The minimum absolute atomic E-state index is 0.0251. The van der Waals surface area contributed by atoms with E-state index >= 15 is 0 Å². The average molecular weight is 626 g/mol. The van der Waals surface area contributed by atoms with Gasteiger partial charge in [0, 0.05) is 25.6 Å². The van der Waals surface area contributed by atoms with Crippen molar-refractivity contribution in [2.45, 2.75) is 70.4 Å². The molecule has 1 fully saturated rings. The van der Waals surface area contributed by atoms with Crippen molar-refractivity contribution in [1.29, 1.82) is 0 Å². The molecule has 6 atom stereocenters. The first-order valence-electron chi connectivity index (χ1n) is 15.0. The molecule has 0 aliphatic carbocycles. The number of aliphatic hydroxyl groups excluding tert-OH is 1. The fourth-order valence-electron chi connectivity index (χ4n) is 4.95. The van der Waals surface area contributed by atoms with Crippen LogP contribution >= 0.6 is 0 Å². The van der Waals surface area contributed by atoms with Crippen LogP contribution in [0.2, 0.25) is 0 Å². The molecule has 0 spiro atoms. The molecular formula is C34H43NO10. The minimum atomic E-state index is -0.940. The molecule has 244 valence electrons. The maximum Gasteiger partial charge on any atom is 0.342 e. The molecule has 3 unspecified atom stereocenters. The van der Waals surface area contributed by atoms with Crippen LogP contribution < -0.4 is 15.2 Å². The smallest absolute Gasteiger partial charge is 0.342 e. The van der Waals surface area contributed by atoms with Gasteiger partial charge in [0.05, 0.1) is 11.7 Å². The highest BCUT2D eigenvalue weighted by Crippen LogP contribution is 2.36. The second-order valence-corrected chi connectivity index (χ2v) is 11.5. The third-order valence-corrected chi connectivity index (χ3v) is 7.46. The quantitative estimate of drug-likeness (QED) is 0.234. The number of cyclic esters (lactones) is 1. The molecule has 0 aromatic heterocycles. The summed E-state index contributed by atoms with van der Waals surface area (Å²) in [5, 5.41) is 9.94. The first kappa shape index (κ1) is 34.1. The molecule has 45 heavy (non-hydrogen) atoms. The van der Waals surface area contributed by atoms with E-state index in [9.17, 15) is 14.7 Å². The van der Waals surface area contributed by atoms with Crippen LogP contribution in [0.5, 0.6) is 11.5 Å². The Labute approximate surface area is 263 Å². The lowest BCUT2D eigenvalue weighted by Crippen LogP contribution is -2.37. The van der Waals surface area contributed by atoms with Gasteiger partial charge in [0.1, 0.15) is 48.1 Å². The fraction of sp³-hybridized carbons (Fsp3) is 0.471. The Morgan fingerprint density at radius 3 is 2.58 bits per heavy atom. The number of benzene rings is 2. The number of hydrogen-bond donors (Lipinski definition) is 2. The van der Waals surface area contributed by atoms with Gasteiger partial charge in [-0.3, -0.25) is 0 Å². The highest BCUT2D eigenvalue weighted by atomic mass is 16.8. The molecule has 1 saturated heterocycles. The van der Waals surface area contributed by atoms with E-state index in [0.717, 1.165) is 0 Å². The van der Waals surface area contributed by atoms with Crippen molar-refractivity contribution in [3.8, 4) is 11.5 Å². The molecule has 4 rings (SSSR count). The summed E-state index contributed by atoms with van der Waals surface area (Å²) in [4.78, 5) is 26.8. The van der Waals surface area contributed by atoms with E-state index in [1.165, 1.54) is 7.11 Å². The van der Waals surface area contributed by atoms with E-state index in [1.807, 2.05) is 39.0 Å². The van der Waals surface area contributed by atoms with E-state index in [2.05, 4.69) is 0 Å². The molecule has 2 heterocycles. The third-order valence-electron chi connectivity index (χ3n) is 7.46. The summed E-state index contributed by atoms with van der Waals surface area (Å²) in [7, 11) is 1.47. The Morgan fingerprint density at radius 1 is 1.11 bits per heavy atom. The molecule has 2 aromatic rings. The van der Waals surface area contributed by atoms with E-state index in [0.29, 0.717) is 23.3 Å². The monoisotopic (exact) mass is 625 g/mol. The molecule has 2 aliphatic rings.